The van der Waals surface area contributed by atoms with Crippen molar-refractivity contribution >= 4 is 15.9 Å². The van der Waals surface area contributed by atoms with Crippen molar-refractivity contribution in [1.82, 2.24) is 0 Å². The molecule has 0 radical (unpaired) electrons. The Kier molecular flexibility index (Phi) is 5.02. The molecule has 1 aromatic rings. The van der Waals surface area contributed by atoms with E-state index < -0.39 is 5.82 Å². The SMILES string of the molecule is COc1c(F)cc(CCCO)c(OC)c1Br. The van der Waals surface area contributed by atoms with Crippen LogP contribution in [0.4, 0.5) is 4.39 Å². The van der Waals surface area contributed by atoms with Gasteiger partial charge in [-0.1, -0.05) is 0 Å². The summed E-state index contributed by atoms with van der Waals surface area (Å²) in [5.41, 5.74) is 0.710. The molecule has 1 aromatic carbocycles. The second-order valence-electron chi connectivity index (χ2n) is 3.23. The maximum atomic E-state index is 13.6. The van der Waals surface area contributed by atoms with Crippen molar-refractivity contribution in [2.75, 3.05) is 20.8 Å². The highest BCUT2D eigenvalue weighted by atomic mass is 79.9. The zero-order valence-corrected chi connectivity index (χ0v) is 10.8. The summed E-state index contributed by atoms with van der Waals surface area (Å²) in [6, 6.07) is 1.37. The maximum absolute atomic E-state index is 13.6. The van der Waals surface area contributed by atoms with E-state index in [0.717, 1.165) is 0 Å². The largest absolute Gasteiger partial charge is 0.495 e. The molecule has 0 aliphatic heterocycles. The first kappa shape index (κ1) is 13.3. The Labute approximate surface area is 102 Å². The normalized spacial score (nSPS) is 10.3. The monoisotopic (exact) mass is 292 g/mol. The number of aryl methyl sites for hydroxylation is 1. The van der Waals surface area contributed by atoms with Crippen LogP contribution < -0.4 is 9.47 Å². The highest BCUT2D eigenvalue weighted by Crippen LogP contribution is 2.39. The van der Waals surface area contributed by atoms with Crippen molar-refractivity contribution in [2.45, 2.75) is 12.8 Å². The average molecular weight is 293 g/mol. The summed E-state index contributed by atoms with van der Waals surface area (Å²) < 4.78 is 24.2. The molecule has 16 heavy (non-hydrogen) atoms. The summed E-state index contributed by atoms with van der Waals surface area (Å²) in [6.07, 6.45) is 1.12. The van der Waals surface area contributed by atoms with Crippen LogP contribution in [0.15, 0.2) is 10.5 Å². The van der Waals surface area contributed by atoms with Crippen molar-refractivity contribution in [3.8, 4) is 11.5 Å². The number of hydrogen-bond acceptors (Lipinski definition) is 3. The van der Waals surface area contributed by atoms with E-state index in [1.54, 1.807) is 0 Å². The summed E-state index contributed by atoms with van der Waals surface area (Å²) >= 11 is 3.24. The molecule has 1 N–H and O–H groups in total. The lowest BCUT2D eigenvalue weighted by Crippen LogP contribution is -2.00. The van der Waals surface area contributed by atoms with Crippen molar-refractivity contribution < 1.29 is 19.0 Å². The van der Waals surface area contributed by atoms with Gasteiger partial charge in [0.05, 0.1) is 14.2 Å². The molecule has 0 heterocycles. The fraction of sp³-hybridized carbons (Fsp3) is 0.455. The number of hydrogen-bond donors (Lipinski definition) is 1. The van der Waals surface area contributed by atoms with Gasteiger partial charge < -0.3 is 14.6 Å². The quantitative estimate of drug-likeness (QED) is 0.906. The van der Waals surface area contributed by atoms with E-state index in [2.05, 4.69) is 15.9 Å². The molecular formula is C11H14BrFO3. The van der Waals surface area contributed by atoms with Gasteiger partial charge in [-0.2, -0.15) is 0 Å². The average Bonchev–Trinajstić information content (AvgIpc) is 2.26. The molecule has 0 atom stereocenters. The third kappa shape index (κ3) is 2.65. The number of aliphatic hydroxyl groups is 1. The number of aliphatic hydroxyl groups excluding tert-OH is 1. The van der Waals surface area contributed by atoms with E-state index in [1.165, 1.54) is 20.3 Å². The molecule has 90 valence electrons. The number of ether oxygens (including phenoxy) is 2. The van der Waals surface area contributed by atoms with Crippen molar-refractivity contribution in [3.05, 3.63) is 21.9 Å². The molecule has 0 bridgehead atoms. The smallest absolute Gasteiger partial charge is 0.172 e. The topological polar surface area (TPSA) is 38.7 Å². The third-order valence-electron chi connectivity index (χ3n) is 2.22. The predicted octanol–water partition coefficient (Wildman–Crippen LogP) is 2.53. The van der Waals surface area contributed by atoms with E-state index in [1.807, 2.05) is 0 Å². The van der Waals surface area contributed by atoms with Gasteiger partial charge in [-0.3, -0.25) is 0 Å². The highest BCUT2D eigenvalue weighted by molar-refractivity contribution is 9.10. The molecule has 0 aliphatic carbocycles. The van der Waals surface area contributed by atoms with Crippen LogP contribution in [0.2, 0.25) is 0 Å². The minimum Gasteiger partial charge on any atom is -0.495 e. The first-order valence-corrected chi connectivity index (χ1v) is 5.64. The molecule has 0 saturated carbocycles. The minimum atomic E-state index is -0.442. The Balaban J connectivity index is 3.18. The first-order chi connectivity index (χ1) is 7.65. The lowest BCUT2D eigenvalue weighted by Gasteiger charge is -2.14. The van der Waals surface area contributed by atoms with E-state index in [-0.39, 0.29) is 12.4 Å². The molecule has 0 aromatic heterocycles. The van der Waals surface area contributed by atoms with Crippen LogP contribution >= 0.6 is 15.9 Å². The van der Waals surface area contributed by atoms with Gasteiger partial charge in [0, 0.05) is 6.61 Å². The summed E-state index contributed by atoms with van der Waals surface area (Å²) in [5.74, 6) is 0.236. The van der Waals surface area contributed by atoms with E-state index >= 15 is 0 Å². The third-order valence-corrected chi connectivity index (χ3v) is 2.94. The van der Waals surface area contributed by atoms with Crippen molar-refractivity contribution in [3.63, 3.8) is 0 Å². The van der Waals surface area contributed by atoms with Crippen LogP contribution in [0, 0.1) is 5.82 Å². The lowest BCUT2D eigenvalue weighted by molar-refractivity contribution is 0.287. The van der Waals surface area contributed by atoms with Crippen LogP contribution in [-0.2, 0) is 6.42 Å². The molecule has 0 saturated heterocycles. The van der Waals surface area contributed by atoms with Gasteiger partial charge in [0.1, 0.15) is 10.2 Å². The standard InChI is InChI=1S/C11H14BrFO3/c1-15-10-7(4-3-5-14)6-8(13)11(16-2)9(10)12/h6,14H,3-5H2,1-2H3. The van der Waals surface area contributed by atoms with Gasteiger partial charge >= 0.3 is 0 Å². The van der Waals surface area contributed by atoms with Crippen LogP contribution in [0.3, 0.4) is 0 Å². The second-order valence-corrected chi connectivity index (χ2v) is 4.02. The van der Waals surface area contributed by atoms with Crippen LogP contribution in [0.1, 0.15) is 12.0 Å². The molecule has 0 fully saturated rings. The molecule has 0 aliphatic rings. The van der Waals surface area contributed by atoms with Gasteiger partial charge in [0.15, 0.2) is 11.6 Å². The fourth-order valence-electron chi connectivity index (χ4n) is 1.50. The number of halogens is 2. The van der Waals surface area contributed by atoms with Crippen LogP contribution in [-0.4, -0.2) is 25.9 Å². The van der Waals surface area contributed by atoms with E-state index in [4.69, 9.17) is 14.6 Å². The number of rotatable bonds is 5. The molecule has 0 amide bonds. The Morgan fingerprint density at radius 1 is 1.31 bits per heavy atom. The van der Waals surface area contributed by atoms with Crippen LogP contribution in [0.25, 0.3) is 0 Å². The van der Waals surface area contributed by atoms with Gasteiger partial charge in [-0.25, -0.2) is 4.39 Å². The zero-order chi connectivity index (χ0) is 12.1. The summed E-state index contributed by atoms with van der Waals surface area (Å²) in [6.45, 7) is 0.0639. The molecular weight excluding hydrogens is 279 g/mol. The highest BCUT2D eigenvalue weighted by Gasteiger charge is 2.17. The minimum absolute atomic E-state index is 0.0639. The first-order valence-electron chi connectivity index (χ1n) is 4.85. The Morgan fingerprint density at radius 2 is 1.94 bits per heavy atom. The predicted molar refractivity (Wildman–Crippen MR) is 62.6 cm³/mol. The molecule has 0 spiro atoms. The molecule has 5 heteroatoms. The molecule has 0 unspecified atom stereocenters. The number of benzene rings is 1. The van der Waals surface area contributed by atoms with Crippen molar-refractivity contribution in [2.24, 2.45) is 0 Å². The zero-order valence-electron chi connectivity index (χ0n) is 9.22. The van der Waals surface area contributed by atoms with Gasteiger partial charge in [-0.05, 0) is 40.4 Å². The summed E-state index contributed by atoms with van der Waals surface area (Å²) in [5, 5.41) is 8.76. The van der Waals surface area contributed by atoms with Crippen molar-refractivity contribution in [1.29, 1.82) is 0 Å². The molecule has 1 rings (SSSR count). The van der Waals surface area contributed by atoms with Gasteiger partial charge in [0.2, 0.25) is 0 Å². The Morgan fingerprint density at radius 3 is 2.44 bits per heavy atom. The second kappa shape index (κ2) is 6.06. The summed E-state index contributed by atoms with van der Waals surface area (Å²) in [7, 11) is 2.91. The maximum Gasteiger partial charge on any atom is 0.172 e. The number of methoxy groups -OCH3 is 2. The Bertz CT molecular complexity index is 369. The molecule has 3 nitrogen and oxygen atoms in total. The Hall–Kier alpha value is -0.810. The van der Waals surface area contributed by atoms with Gasteiger partial charge in [-0.15, -0.1) is 0 Å². The van der Waals surface area contributed by atoms with Crippen LogP contribution in [0.5, 0.6) is 11.5 Å². The van der Waals surface area contributed by atoms with E-state index in [9.17, 15) is 4.39 Å². The lowest BCUT2D eigenvalue weighted by atomic mass is 10.1. The fourth-order valence-corrected chi connectivity index (χ4v) is 2.26. The van der Waals surface area contributed by atoms with E-state index in [0.29, 0.717) is 28.6 Å². The van der Waals surface area contributed by atoms with Gasteiger partial charge in [0.25, 0.3) is 0 Å². The summed E-state index contributed by atoms with van der Waals surface area (Å²) in [4.78, 5) is 0.